The van der Waals surface area contributed by atoms with Gasteiger partial charge in [0.05, 0.1) is 18.6 Å². The summed E-state index contributed by atoms with van der Waals surface area (Å²) in [4.78, 5) is 9.00. The van der Waals surface area contributed by atoms with Crippen LogP contribution in [0.1, 0.15) is 18.5 Å². The maximum atomic E-state index is 6.39. The van der Waals surface area contributed by atoms with E-state index in [0.717, 1.165) is 11.1 Å². The van der Waals surface area contributed by atoms with E-state index < -0.39 is 0 Å². The van der Waals surface area contributed by atoms with Crippen molar-refractivity contribution in [3.8, 4) is 22.8 Å². The van der Waals surface area contributed by atoms with E-state index in [1.165, 1.54) is 4.52 Å². The molecule has 1 aromatic carbocycles. The monoisotopic (exact) mass is 414 g/mol. The second-order valence-corrected chi connectivity index (χ2v) is 6.77. The van der Waals surface area contributed by atoms with Crippen LogP contribution in [0.5, 0.6) is 0 Å². The summed E-state index contributed by atoms with van der Waals surface area (Å²) in [6.45, 7) is 2.66. The zero-order chi connectivity index (χ0) is 19.7. The minimum absolute atomic E-state index is 0. The van der Waals surface area contributed by atoms with Gasteiger partial charge in [0, 0.05) is 24.8 Å². The minimum Gasteiger partial charge on any atom is -0.461 e. The molecule has 0 saturated carbocycles. The highest BCUT2D eigenvalue weighted by Gasteiger charge is 2.17. The second-order valence-electron chi connectivity index (χ2n) is 6.77. The van der Waals surface area contributed by atoms with Crippen LogP contribution in [0.25, 0.3) is 28.5 Å². The first kappa shape index (κ1) is 20.8. The van der Waals surface area contributed by atoms with Crippen molar-refractivity contribution in [1.29, 1.82) is 0 Å². The van der Waals surface area contributed by atoms with Crippen molar-refractivity contribution < 1.29 is 9.15 Å². The van der Waals surface area contributed by atoms with Crippen LogP contribution in [0.2, 0.25) is 0 Å². The van der Waals surface area contributed by atoms with Crippen LogP contribution in [-0.4, -0.2) is 33.3 Å². The molecular weight excluding hydrogens is 392 g/mol. The molecule has 3 aromatic heterocycles. The number of benzene rings is 1. The van der Waals surface area contributed by atoms with E-state index in [2.05, 4.69) is 22.0 Å². The highest BCUT2D eigenvalue weighted by atomic mass is 35.5. The van der Waals surface area contributed by atoms with E-state index in [0.29, 0.717) is 29.5 Å². The smallest absolute Gasteiger partial charge is 0.223 e. The fourth-order valence-corrected chi connectivity index (χ4v) is 3.17. The Morgan fingerprint density at radius 1 is 1.17 bits per heavy atom. The molecule has 0 aliphatic rings. The third kappa shape index (κ3) is 4.09. The lowest BCUT2D eigenvalue weighted by molar-refractivity contribution is 0.147. The summed E-state index contributed by atoms with van der Waals surface area (Å²) < 4.78 is 12.1. The summed E-state index contributed by atoms with van der Waals surface area (Å²) in [7, 11) is 1.68. The van der Waals surface area contributed by atoms with Gasteiger partial charge in [0.25, 0.3) is 0 Å². The third-order valence-corrected chi connectivity index (χ3v) is 4.70. The number of methoxy groups -OCH3 is 1. The Kier molecular flexibility index (Phi) is 6.17. The molecule has 0 spiro atoms. The van der Waals surface area contributed by atoms with Crippen molar-refractivity contribution in [2.75, 3.05) is 19.5 Å². The predicted molar refractivity (Wildman–Crippen MR) is 114 cm³/mol. The summed E-state index contributed by atoms with van der Waals surface area (Å²) in [6, 6.07) is 13.3. The number of nitrogens with zero attached hydrogens (tertiary/aromatic N) is 4. The van der Waals surface area contributed by atoms with E-state index in [1.807, 2.05) is 30.3 Å². The number of anilines is 1. The van der Waals surface area contributed by atoms with Crippen LogP contribution < -0.4 is 11.5 Å². The predicted octanol–water partition coefficient (Wildman–Crippen LogP) is 3.34. The van der Waals surface area contributed by atoms with Gasteiger partial charge in [-0.15, -0.1) is 17.5 Å². The summed E-state index contributed by atoms with van der Waals surface area (Å²) in [6.07, 6.45) is 1.58. The van der Waals surface area contributed by atoms with E-state index in [4.69, 9.17) is 20.6 Å². The molecule has 0 aliphatic carbocycles. The summed E-state index contributed by atoms with van der Waals surface area (Å²) in [5.74, 6) is 1.47. The van der Waals surface area contributed by atoms with Crippen molar-refractivity contribution in [3.63, 3.8) is 0 Å². The zero-order valence-corrected chi connectivity index (χ0v) is 17.0. The van der Waals surface area contributed by atoms with Crippen LogP contribution in [0.4, 0.5) is 5.95 Å². The van der Waals surface area contributed by atoms with E-state index in [1.54, 1.807) is 25.5 Å². The Morgan fingerprint density at radius 2 is 2.00 bits per heavy atom. The lowest BCUT2D eigenvalue weighted by atomic mass is 9.94. The molecule has 2 atom stereocenters. The zero-order valence-electron chi connectivity index (χ0n) is 16.1. The van der Waals surface area contributed by atoms with Crippen molar-refractivity contribution >= 4 is 24.0 Å². The first-order valence-electron chi connectivity index (χ1n) is 8.99. The first-order valence-corrected chi connectivity index (χ1v) is 8.99. The van der Waals surface area contributed by atoms with Crippen LogP contribution >= 0.6 is 12.4 Å². The van der Waals surface area contributed by atoms with Crippen molar-refractivity contribution in [2.45, 2.75) is 13.0 Å². The lowest BCUT2D eigenvalue weighted by Crippen LogP contribution is -2.22. The number of fused-ring (bicyclic) bond motifs is 1. The highest BCUT2D eigenvalue weighted by Crippen LogP contribution is 2.27. The summed E-state index contributed by atoms with van der Waals surface area (Å²) in [5.41, 5.74) is 15.7. The van der Waals surface area contributed by atoms with Crippen LogP contribution in [0.3, 0.4) is 0 Å². The molecule has 0 amide bonds. The normalized spacial score (nSPS) is 13.2. The fraction of sp³-hybridized carbons (Fsp3) is 0.250. The second kappa shape index (κ2) is 8.60. The Hall–Kier alpha value is -2.94. The van der Waals surface area contributed by atoms with Crippen LogP contribution in [-0.2, 0) is 4.74 Å². The largest absolute Gasteiger partial charge is 0.461 e. The highest BCUT2D eigenvalue weighted by molar-refractivity contribution is 5.85. The maximum Gasteiger partial charge on any atom is 0.223 e. The number of furan rings is 1. The molecule has 8 nitrogen and oxygen atoms in total. The molecule has 4 N–H and O–H groups in total. The molecule has 4 rings (SSSR count). The van der Waals surface area contributed by atoms with Gasteiger partial charge in [-0.05, 0) is 29.7 Å². The molecule has 0 aliphatic heterocycles. The van der Waals surface area contributed by atoms with E-state index in [9.17, 15) is 0 Å². The lowest BCUT2D eigenvalue weighted by Gasteiger charge is -2.20. The van der Waals surface area contributed by atoms with E-state index >= 15 is 0 Å². The maximum absolute atomic E-state index is 6.39. The SMILES string of the molecule is COCC(C)C(N)c1cccc(-c2cc3nc(-c4ccco4)nn3c(N)n2)c1.Cl. The average molecular weight is 415 g/mol. The summed E-state index contributed by atoms with van der Waals surface area (Å²) in [5, 5.41) is 4.37. The Labute approximate surface area is 174 Å². The van der Waals surface area contributed by atoms with Gasteiger partial charge in [-0.1, -0.05) is 25.1 Å². The molecule has 0 bridgehead atoms. The number of halogens is 1. The molecule has 0 saturated heterocycles. The molecule has 0 fully saturated rings. The van der Waals surface area contributed by atoms with Gasteiger partial charge in [-0.3, -0.25) is 0 Å². The van der Waals surface area contributed by atoms with Gasteiger partial charge < -0.3 is 20.6 Å². The number of ether oxygens (including phenoxy) is 1. The molecule has 29 heavy (non-hydrogen) atoms. The molecule has 9 heteroatoms. The van der Waals surface area contributed by atoms with Gasteiger partial charge in [0.2, 0.25) is 11.8 Å². The van der Waals surface area contributed by atoms with E-state index in [-0.39, 0.29) is 30.3 Å². The Morgan fingerprint density at radius 3 is 2.72 bits per heavy atom. The van der Waals surface area contributed by atoms with Gasteiger partial charge >= 0.3 is 0 Å². The number of rotatable bonds is 6. The van der Waals surface area contributed by atoms with Gasteiger partial charge in [0.1, 0.15) is 0 Å². The van der Waals surface area contributed by atoms with Crippen molar-refractivity contribution in [1.82, 2.24) is 19.6 Å². The molecule has 3 heterocycles. The van der Waals surface area contributed by atoms with Gasteiger partial charge in [0.15, 0.2) is 11.4 Å². The molecule has 152 valence electrons. The Bertz CT molecular complexity index is 1100. The number of nitrogen functional groups attached to an aromatic ring is 1. The number of nitrogens with two attached hydrogens (primary N) is 2. The van der Waals surface area contributed by atoms with Crippen molar-refractivity contribution in [3.05, 3.63) is 54.3 Å². The average Bonchev–Trinajstić information content (AvgIpc) is 3.37. The minimum atomic E-state index is -0.139. The van der Waals surface area contributed by atoms with Crippen LogP contribution in [0, 0.1) is 5.92 Å². The molecule has 2 unspecified atom stereocenters. The topological polar surface area (TPSA) is 117 Å². The fourth-order valence-electron chi connectivity index (χ4n) is 3.17. The van der Waals surface area contributed by atoms with Gasteiger partial charge in [-0.25, -0.2) is 9.97 Å². The molecular formula is C20H23ClN6O2. The van der Waals surface area contributed by atoms with Crippen molar-refractivity contribution in [2.24, 2.45) is 11.7 Å². The quantitative estimate of drug-likeness (QED) is 0.496. The Balaban J connectivity index is 0.00000240. The van der Waals surface area contributed by atoms with Gasteiger partial charge in [-0.2, -0.15) is 4.52 Å². The number of hydrogen-bond donors (Lipinski definition) is 2. The first-order chi connectivity index (χ1) is 13.6. The molecule has 0 radical (unpaired) electrons. The van der Waals surface area contributed by atoms with Crippen LogP contribution in [0.15, 0.2) is 53.1 Å². The summed E-state index contributed by atoms with van der Waals surface area (Å²) >= 11 is 0. The third-order valence-electron chi connectivity index (χ3n) is 4.70. The number of hydrogen-bond acceptors (Lipinski definition) is 7. The molecule has 4 aromatic rings. The standard InChI is InChI=1S/C20H22N6O2.ClH/c1-12(11-27-2)18(21)14-6-3-5-13(9-14)15-10-17-24-19(16-7-4-8-28-16)25-26(17)20(22)23-15;/h3-10,12,18H,11,21H2,1-2H3,(H2,22,23);1H. The number of aromatic nitrogens is 4.